The van der Waals surface area contributed by atoms with Gasteiger partial charge in [0, 0.05) is 41.4 Å². The van der Waals surface area contributed by atoms with Crippen LogP contribution in [0.5, 0.6) is 0 Å². The number of rotatable bonds is 13. The lowest BCUT2D eigenvalue weighted by Gasteiger charge is -2.17. The molecule has 3 aromatic heterocycles. The van der Waals surface area contributed by atoms with Gasteiger partial charge in [-0.15, -0.1) is 0 Å². The van der Waals surface area contributed by atoms with E-state index in [0.717, 1.165) is 67.5 Å². The molecule has 6 N–H and O–H groups in total. The molecule has 0 aliphatic rings. The number of nitrogen functional groups attached to an aromatic ring is 1. The molecule has 2 aromatic carbocycles. The van der Waals surface area contributed by atoms with E-state index >= 15 is 0 Å². The molecule has 5 rings (SSSR count). The Bertz CT molecular complexity index is 1990. The fourth-order valence-electron chi connectivity index (χ4n) is 4.86. The molecule has 0 saturated carbocycles. The van der Waals surface area contributed by atoms with Crippen LogP contribution in [0.2, 0.25) is 0 Å². The van der Waals surface area contributed by atoms with Crippen LogP contribution < -0.4 is 21.7 Å². The van der Waals surface area contributed by atoms with Crippen molar-refractivity contribution in [2.24, 2.45) is 0 Å². The first-order valence-electron chi connectivity index (χ1n) is 16.3. The SMILES string of the molecule is CCN(CC)CCCNc1cc(Nc2ncc(C(=O)O)s2)nc(C)n1.Cc1cn(-c2cc(C(=O)Nc3ccc(C)c(N)c3)cc(C(F)(F)F)c2)cn1. The zero-order valence-electron chi connectivity index (χ0n) is 29.4. The van der Waals surface area contributed by atoms with E-state index in [4.69, 9.17) is 10.8 Å². The minimum atomic E-state index is -4.59. The molecular formula is C35H41F3N10O3S. The topological polar surface area (TPSA) is 176 Å². The summed E-state index contributed by atoms with van der Waals surface area (Å²) in [6, 6.07) is 9.88. The smallest absolute Gasteiger partial charge is 0.416 e. The number of benzene rings is 2. The third kappa shape index (κ3) is 11.2. The van der Waals surface area contributed by atoms with Gasteiger partial charge in [-0.2, -0.15) is 13.2 Å². The summed E-state index contributed by atoms with van der Waals surface area (Å²) >= 11 is 1.07. The predicted molar refractivity (Wildman–Crippen MR) is 197 cm³/mol. The molecule has 0 saturated heterocycles. The van der Waals surface area contributed by atoms with Gasteiger partial charge in [0.2, 0.25) is 0 Å². The van der Waals surface area contributed by atoms with Crippen LogP contribution in [-0.2, 0) is 6.18 Å². The number of alkyl halides is 3. The number of amides is 1. The quantitative estimate of drug-likeness (QED) is 0.0612. The Balaban J connectivity index is 0.000000234. The Hall–Kier alpha value is -5.55. The van der Waals surface area contributed by atoms with Gasteiger partial charge in [0.25, 0.3) is 5.91 Å². The van der Waals surface area contributed by atoms with Crippen molar-refractivity contribution < 1.29 is 27.9 Å². The lowest BCUT2D eigenvalue weighted by Crippen LogP contribution is -2.25. The lowest BCUT2D eigenvalue weighted by atomic mass is 10.1. The minimum Gasteiger partial charge on any atom is -0.477 e. The number of hydrogen-bond donors (Lipinski definition) is 5. The average Bonchev–Trinajstić information content (AvgIpc) is 3.75. The van der Waals surface area contributed by atoms with Crippen LogP contribution in [0.25, 0.3) is 5.69 Å². The van der Waals surface area contributed by atoms with Crippen molar-refractivity contribution in [3.63, 3.8) is 0 Å². The Labute approximate surface area is 303 Å². The highest BCUT2D eigenvalue weighted by Gasteiger charge is 2.32. The lowest BCUT2D eigenvalue weighted by molar-refractivity contribution is -0.137. The number of carbonyl (C=O) groups is 2. The van der Waals surface area contributed by atoms with Crippen molar-refractivity contribution in [1.82, 2.24) is 29.4 Å². The van der Waals surface area contributed by atoms with Crippen molar-refractivity contribution in [3.05, 3.63) is 94.3 Å². The first-order valence-corrected chi connectivity index (χ1v) is 17.2. The van der Waals surface area contributed by atoms with Gasteiger partial charge in [-0.1, -0.05) is 31.3 Å². The number of halogens is 3. The highest BCUT2D eigenvalue weighted by Crippen LogP contribution is 2.32. The first kappa shape index (κ1) is 39.2. The van der Waals surface area contributed by atoms with E-state index in [9.17, 15) is 22.8 Å². The Morgan fingerprint density at radius 2 is 1.73 bits per heavy atom. The number of nitrogens with two attached hydrogens (primary N) is 1. The molecule has 0 fully saturated rings. The standard InChI is InChI=1S/C19H17F3N4O.C16H24N6O2S/c1-11-3-4-15(8-17(11)23)25-18(27)13-5-14(19(20,21)22)7-16(6-13)26-9-12(2)24-10-26;1-4-22(5-2)8-6-7-17-13-9-14(20-11(3)19-13)21-16-18-10-12(25-16)15(23)24/h3-10H,23H2,1-2H3,(H,25,27);9-10H,4-8H2,1-3H3,(H,23,24)(H2,17,18,19,20,21). The summed E-state index contributed by atoms with van der Waals surface area (Å²) in [5.41, 5.74) is 7.33. The van der Waals surface area contributed by atoms with Crippen molar-refractivity contribution in [1.29, 1.82) is 0 Å². The van der Waals surface area contributed by atoms with Crippen molar-refractivity contribution >= 4 is 51.4 Å². The van der Waals surface area contributed by atoms with Gasteiger partial charge in [0.05, 0.1) is 23.8 Å². The van der Waals surface area contributed by atoms with E-state index in [0.29, 0.717) is 33.8 Å². The van der Waals surface area contributed by atoms with Crippen LogP contribution in [0, 0.1) is 20.8 Å². The molecule has 0 aliphatic carbocycles. The van der Waals surface area contributed by atoms with Gasteiger partial charge < -0.3 is 36.3 Å². The van der Waals surface area contributed by atoms with E-state index in [1.165, 1.54) is 23.2 Å². The van der Waals surface area contributed by atoms with Gasteiger partial charge in [-0.3, -0.25) is 4.79 Å². The van der Waals surface area contributed by atoms with Crippen molar-refractivity contribution in [2.45, 2.75) is 47.2 Å². The summed E-state index contributed by atoms with van der Waals surface area (Å²) in [6.45, 7) is 13.7. The number of thiazole rings is 1. The number of carboxylic acid groups (broad SMARTS) is 1. The molecule has 0 bridgehead atoms. The normalized spacial score (nSPS) is 11.2. The number of carbonyl (C=O) groups excluding carboxylic acids is 1. The Morgan fingerprint density at radius 3 is 2.35 bits per heavy atom. The Morgan fingerprint density at radius 1 is 1.00 bits per heavy atom. The molecule has 0 unspecified atom stereocenters. The predicted octanol–water partition coefficient (Wildman–Crippen LogP) is 7.17. The molecule has 52 heavy (non-hydrogen) atoms. The maximum Gasteiger partial charge on any atom is 0.416 e. The van der Waals surface area contributed by atoms with E-state index in [1.807, 2.05) is 13.8 Å². The monoisotopic (exact) mass is 738 g/mol. The van der Waals surface area contributed by atoms with Crippen molar-refractivity contribution in [2.75, 3.05) is 47.9 Å². The van der Waals surface area contributed by atoms with Crippen LogP contribution in [-0.4, -0.2) is 72.6 Å². The van der Waals surface area contributed by atoms with Crippen LogP contribution in [0.15, 0.2) is 61.2 Å². The number of imidazole rings is 1. The molecule has 0 spiro atoms. The Kier molecular flexibility index (Phi) is 13.3. The summed E-state index contributed by atoms with van der Waals surface area (Å²) < 4.78 is 41.3. The molecule has 3 heterocycles. The molecular weight excluding hydrogens is 698 g/mol. The number of hydrogen-bond acceptors (Lipinski definition) is 11. The second kappa shape index (κ2) is 17.6. The van der Waals surface area contributed by atoms with E-state index < -0.39 is 23.6 Å². The molecule has 1 amide bonds. The van der Waals surface area contributed by atoms with Crippen molar-refractivity contribution in [3.8, 4) is 5.69 Å². The van der Waals surface area contributed by atoms with Gasteiger partial charge >= 0.3 is 12.1 Å². The van der Waals surface area contributed by atoms with E-state index in [-0.39, 0.29) is 16.1 Å². The minimum absolute atomic E-state index is 0.120. The van der Waals surface area contributed by atoms with Crippen LogP contribution in [0.1, 0.15) is 62.9 Å². The van der Waals surface area contributed by atoms with Gasteiger partial charge in [-0.05, 0) is 82.7 Å². The number of nitrogens with one attached hydrogen (secondary N) is 3. The number of carboxylic acids is 1. The highest BCUT2D eigenvalue weighted by atomic mass is 32.1. The van der Waals surface area contributed by atoms with E-state index in [2.05, 4.69) is 54.6 Å². The molecule has 13 nitrogen and oxygen atoms in total. The summed E-state index contributed by atoms with van der Waals surface area (Å²) in [5, 5.41) is 18.4. The molecule has 5 aromatic rings. The summed E-state index contributed by atoms with van der Waals surface area (Å²) in [4.78, 5) is 42.8. The second-order valence-corrected chi connectivity index (χ2v) is 12.7. The molecule has 17 heteroatoms. The number of nitrogens with zero attached hydrogens (tertiary/aromatic N) is 6. The summed E-state index contributed by atoms with van der Waals surface area (Å²) in [7, 11) is 0. The van der Waals surface area contributed by atoms with Gasteiger partial charge in [0.1, 0.15) is 22.3 Å². The second-order valence-electron chi connectivity index (χ2n) is 11.7. The molecule has 0 atom stereocenters. The van der Waals surface area contributed by atoms with Gasteiger partial charge in [-0.25, -0.2) is 24.7 Å². The van der Waals surface area contributed by atoms with Gasteiger partial charge in [0.15, 0.2) is 5.13 Å². The summed E-state index contributed by atoms with van der Waals surface area (Å²) in [5.74, 6) is 0.309. The van der Waals surface area contributed by atoms with Crippen LogP contribution in [0.4, 0.5) is 41.3 Å². The van der Waals surface area contributed by atoms with E-state index in [1.54, 1.807) is 37.4 Å². The number of aromatic carboxylic acids is 1. The number of aryl methyl sites for hydroxylation is 3. The largest absolute Gasteiger partial charge is 0.477 e. The highest BCUT2D eigenvalue weighted by molar-refractivity contribution is 7.17. The fraction of sp³-hybridized carbons (Fsp3) is 0.314. The zero-order valence-corrected chi connectivity index (χ0v) is 30.2. The maximum atomic E-state index is 13.3. The fourth-order valence-corrected chi connectivity index (χ4v) is 5.52. The average molecular weight is 739 g/mol. The summed E-state index contributed by atoms with van der Waals surface area (Å²) in [6.07, 6.45) is 0.748. The first-order chi connectivity index (χ1) is 24.6. The number of aromatic nitrogens is 5. The molecule has 0 aliphatic heterocycles. The maximum absolute atomic E-state index is 13.3. The van der Waals surface area contributed by atoms with Crippen LogP contribution >= 0.6 is 11.3 Å². The number of anilines is 5. The third-order valence-corrected chi connectivity index (χ3v) is 8.60. The third-order valence-electron chi connectivity index (χ3n) is 7.70. The van der Waals surface area contributed by atoms with Crippen LogP contribution in [0.3, 0.4) is 0 Å². The molecule has 0 radical (unpaired) electrons. The zero-order chi connectivity index (χ0) is 38.0. The molecule has 276 valence electrons.